The second-order valence-corrected chi connectivity index (χ2v) is 7.20. The predicted octanol–water partition coefficient (Wildman–Crippen LogP) is 4.12. The van der Waals surface area contributed by atoms with Crippen LogP contribution in [0.25, 0.3) is 0 Å². The summed E-state index contributed by atoms with van der Waals surface area (Å²) in [6.07, 6.45) is 3.77. The van der Waals surface area contributed by atoms with E-state index >= 15 is 0 Å². The summed E-state index contributed by atoms with van der Waals surface area (Å²) in [6, 6.07) is 13.6. The number of carbonyl (C=O) groups excluding carboxylic acids is 1. The zero-order chi connectivity index (χ0) is 17.5. The van der Waals surface area contributed by atoms with Crippen LogP contribution in [0.15, 0.2) is 58.6 Å². The van der Waals surface area contributed by atoms with E-state index in [1.807, 2.05) is 49.5 Å². The quantitative estimate of drug-likeness (QED) is 0.874. The number of urea groups is 1. The number of nitrogens with zero attached hydrogens (tertiary/aromatic N) is 2. The fraction of sp³-hybridized carbons (Fsp3) is 0.368. The van der Waals surface area contributed by atoms with E-state index in [0.717, 1.165) is 48.2 Å². The summed E-state index contributed by atoms with van der Waals surface area (Å²) < 4.78 is 5.38. The first-order valence-electron chi connectivity index (χ1n) is 8.50. The third-order valence-electron chi connectivity index (χ3n) is 4.19. The van der Waals surface area contributed by atoms with Crippen LogP contribution >= 0.6 is 11.8 Å². The molecule has 0 atom stereocenters. The summed E-state index contributed by atoms with van der Waals surface area (Å²) in [4.78, 5) is 19.8. The molecule has 1 fully saturated rings. The lowest BCUT2D eigenvalue weighted by atomic mass is 10.00. The highest BCUT2D eigenvalue weighted by molar-refractivity contribution is 7.99. The van der Waals surface area contributed by atoms with Crippen LogP contribution in [0.4, 0.5) is 10.5 Å². The molecule has 2 aromatic rings. The first-order chi connectivity index (χ1) is 12.2. The van der Waals surface area contributed by atoms with Gasteiger partial charge in [-0.3, -0.25) is 0 Å². The van der Waals surface area contributed by atoms with Gasteiger partial charge in [-0.2, -0.15) is 0 Å². The van der Waals surface area contributed by atoms with Crippen LogP contribution < -0.4 is 5.32 Å². The standard InChI is InChI=1S/C19H23N3O2S/c1-22(14-15-9-12-24-13-10-15)19(23)21-17-8-5-11-20-18(17)25-16-6-3-2-4-7-16/h2-8,11,15H,9-10,12-14H2,1H3,(H,21,23). The second-order valence-electron chi connectivity index (χ2n) is 6.14. The average Bonchev–Trinajstić information content (AvgIpc) is 2.65. The normalized spacial score (nSPS) is 14.9. The summed E-state index contributed by atoms with van der Waals surface area (Å²) in [5.41, 5.74) is 0.736. The second kappa shape index (κ2) is 8.87. The Hall–Kier alpha value is -2.05. The average molecular weight is 357 g/mol. The Labute approximate surface area is 152 Å². The Morgan fingerprint density at radius 1 is 1.24 bits per heavy atom. The van der Waals surface area contributed by atoms with Crippen LogP contribution in [0.1, 0.15) is 12.8 Å². The number of hydrogen-bond acceptors (Lipinski definition) is 4. The molecular weight excluding hydrogens is 334 g/mol. The van der Waals surface area contributed by atoms with Gasteiger partial charge in [0.05, 0.1) is 5.69 Å². The summed E-state index contributed by atoms with van der Waals surface area (Å²) in [5.74, 6) is 0.511. The highest BCUT2D eigenvalue weighted by Crippen LogP contribution is 2.31. The molecule has 2 amide bonds. The molecule has 0 unspecified atom stereocenters. The molecule has 0 aliphatic carbocycles. The lowest BCUT2D eigenvalue weighted by molar-refractivity contribution is 0.0592. The van der Waals surface area contributed by atoms with Crippen molar-refractivity contribution in [2.45, 2.75) is 22.8 Å². The molecule has 132 valence electrons. The van der Waals surface area contributed by atoms with Gasteiger partial charge in [0.1, 0.15) is 5.03 Å². The van der Waals surface area contributed by atoms with E-state index in [4.69, 9.17) is 4.74 Å². The Balaban J connectivity index is 1.62. The number of rotatable bonds is 5. The smallest absolute Gasteiger partial charge is 0.321 e. The molecule has 0 spiro atoms. The largest absolute Gasteiger partial charge is 0.381 e. The number of benzene rings is 1. The van der Waals surface area contributed by atoms with Gasteiger partial charge in [0, 0.05) is 37.9 Å². The molecule has 1 aromatic carbocycles. The van der Waals surface area contributed by atoms with E-state index in [1.165, 1.54) is 0 Å². The number of carbonyl (C=O) groups is 1. The third kappa shape index (κ3) is 5.21. The van der Waals surface area contributed by atoms with Crippen LogP contribution in [-0.2, 0) is 4.74 Å². The first-order valence-corrected chi connectivity index (χ1v) is 9.32. The Kier molecular flexibility index (Phi) is 6.30. The van der Waals surface area contributed by atoms with Crippen molar-refractivity contribution in [1.82, 2.24) is 9.88 Å². The third-order valence-corrected chi connectivity index (χ3v) is 5.22. The number of nitrogens with one attached hydrogen (secondary N) is 1. The first kappa shape index (κ1) is 17.8. The monoisotopic (exact) mass is 357 g/mol. The molecule has 2 heterocycles. The molecule has 5 nitrogen and oxygen atoms in total. The molecule has 6 heteroatoms. The predicted molar refractivity (Wildman–Crippen MR) is 100.0 cm³/mol. The minimum atomic E-state index is -0.102. The number of hydrogen-bond donors (Lipinski definition) is 1. The van der Waals surface area contributed by atoms with Crippen LogP contribution in [0, 0.1) is 5.92 Å². The Morgan fingerprint density at radius 2 is 2.00 bits per heavy atom. The highest BCUT2D eigenvalue weighted by Gasteiger charge is 2.19. The van der Waals surface area contributed by atoms with E-state index in [-0.39, 0.29) is 6.03 Å². The molecule has 1 aliphatic heterocycles. The molecule has 0 bridgehead atoms. The summed E-state index contributed by atoms with van der Waals surface area (Å²) in [5, 5.41) is 3.79. The van der Waals surface area contributed by atoms with Crippen molar-refractivity contribution in [2.24, 2.45) is 5.92 Å². The van der Waals surface area contributed by atoms with Crippen molar-refractivity contribution in [2.75, 3.05) is 32.1 Å². The van der Waals surface area contributed by atoms with E-state index < -0.39 is 0 Å². The van der Waals surface area contributed by atoms with Crippen molar-refractivity contribution < 1.29 is 9.53 Å². The van der Waals surface area contributed by atoms with Crippen molar-refractivity contribution >= 4 is 23.5 Å². The van der Waals surface area contributed by atoms with E-state index in [1.54, 1.807) is 22.9 Å². The number of pyridine rings is 1. The maximum atomic E-state index is 12.5. The number of amides is 2. The van der Waals surface area contributed by atoms with Crippen molar-refractivity contribution in [3.8, 4) is 0 Å². The van der Waals surface area contributed by atoms with Gasteiger partial charge >= 0.3 is 6.03 Å². The fourth-order valence-corrected chi connectivity index (χ4v) is 3.64. The van der Waals surface area contributed by atoms with E-state index in [9.17, 15) is 4.79 Å². The number of ether oxygens (including phenoxy) is 1. The van der Waals surface area contributed by atoms with Gasteiger partial charge in [0.25, 0.3) is 0 Å². The highest BCUT2D eigenvalue weighted by atomic mass is 32.2. The lowest BCUT2D eigenvalue weighted by Gasteiger charge is -2.27. The van der Waals surface area contributed by atoms with Gasteiger partial charge in [-0.1, -0.05) is 30.0 Å². The molecule has 1 aliphatic rings. The molecule has 0 saturated carbocycles. The number of aromatic nitrogens is 1. The van der Waals surface area contributed by atoms with Crippen molar-refractivity contribution in [3.63, 3.8) is 0 Å². The lowest BCUT2D eigenvalue weighted by Crippen LogP contribution is -2.37. The molecule has 1 saturated heterocycles. The molecule has 1 aromatic heterocycles. The van der Waals surface area contributed by atoms with E-state index in [2.05, 4.69) is 10.3 Å². The fourth-order valence-electron chi connectivity index (χ4n) is 2.78. The maximum absolute atomic E-state index is 12.5. The Morgan fingerprint density at radius 3 is 2.76 bits per heavy atom. The molecular formula is C19H23N3O2S. The Bertz CT molecular complexity index is 690. The zero-order valence-electron chi connectivity index (χ0n) is 14.4. The molecule has 1 N–H and O–H groups in total. The van der Waals surface area contributed by atoms with Gasteiger partial charge in [0.2, 0.25) is 0 Å². The number of anilines is 1. The topological polar surface area (TPSA) is 54.5 Å². The van der Waals surface area contributed by atoms with Gasteiger partial charge in [0.15, 0.2) is 0 Å². The van der Waals surface area contributed by atoms with Gasteiger partial charge in [-0.25, -0.2) is 9.78 Å². The summed E-state index contributed by atoms with van der Waals surface area (Å²) in [7, 11) is 1.84. The van der Waals surface area contributed by atoms with Crippen molar-refractivity contribution in [1.29, 1.82) is 0 Å². The van der Waals surface area contributed by atoms with Crippen molar-refractivity contribution in [3.05, 3.63) is 48.7 Å². The molecule has 3 rings (SSSR count). The minimum absolute atomic E-state index is 0.102. The summed E-state index contributed by atoms with van der Waals surface area (Å²) in [6.45, 7) is 2.33. The van der Waals surface area contributed by atoms with Gasteiger partial charge in [-0.05, 0) is 43.0 Å². The van der Waals surface area contributed by atoms with Gasteiger partial charge in [-0.15, -0.1) is 0 Å². The maximum Gasteiger partial charge on any atom is 0.321 e. The van der Waals surface area contributed by atoms with E-state index in [0.29, 0.717) is 5.92 Å². The summed E-state index contributed by atoms with van der Waals surface area (Å²) >= 11 is 1.54. The van der Waals surface area contributed by atoms with Gasteiger partial charge < -0.3 is 15.0 Å². The zero-order valence-corrected chi connectivity index (χ0v) is 15.2. The van der Waals surface area contributed by atoms with Crippen LogP contribution in [0.5, 0.6) is 0 Å². The van der Waals surface area contributed by atoms with Crippen LogP contribution in [-0.4, -0.2) is 42.7 Å². The SMILES string of the molecule is CN(CC1CCOCC1)C(=O)Nc1cccnc1Sc1ccccc1. The van der Waals surface area contributed by atoms with Crippen LogP contribution in [0.3, 0.4) is 0 Å². The minimum Gasteiger partial charge on any atom is -0.381 e. The molecule has 0 radical (unpaired) electrons. The van der Waals surface area contributed by atoms with Crippen LogP contribution in [0.2, 0.25) is 0 Å². The molecule has 25 heavy (non-hydrogen) atoms.